The van der Waals surface area contributed by atoms with Crippen molar-refractivity contribution < 1.29 is 4.79 Å². The largest absolute Gasteiger partial charge is 0.338 e. The van der Waals surface area contributed by atoms with Crippen molar-refractivity contribution in [1.29, 1.82) is 0 Å². The van der Waals surface area contributed by atoms with E-state index < -0.39 is 0 Å². The van der Waals surface area contributed by atoms with Gasteiger partial charge in [-0.1, -0.05) is 11.6 Å². The summed E-state index contributed by atoms with van der Waals surface area (Å²) >= 11 is 9.34. The first-order valence-corrected chi connectivity index (χ1v) is 7.23. The normalized spacial score (nSPS) is 19.9. The zero-order chi connectivity index (χ0) is 13.1. The van der Waals surface area contributed by atoms with E-state index in [1.807, 2.05) is 4.90 Å². The van der Waals surface area contributed by atoms with E-state index in [2.05, 4.69) is 15.9 Å². The average molecular weight is 332 g/mol. The zero-order valence-electron chi connectivity index (χ0n) is 10.0. The Morgan fingerprint density at radius 3 is 3.00 bits per heavy atom. The molecule has 1 fully saturated rings. The van der Waals surface area contributed by atoms with Gasteiger partial charge in [0.15, 0.2) is 0 Å². The van der Waals surface area contributed by atoms with Crippen LogP contribution >= 0.6 is 27.5 Å². The fourth-order valence-electron chi connectivity index (χ4n) is 2.25. The maximum Gasteiger partial charge on any atom is 0.253 e. The smallest absolute Gasteiger partial charge is 0.253 e. The third-order valence-electron chi connectivity index (χ3n) is 3.31. The van der Waals surface area contributed by atoms with E-state index in [0.29, 0.717) is 23.0 Å². The number of nitrogens with two attached hydrogens (primary N) is 1. The van der Waals surface area contributed by atoms with Crippen LogP contribution in [0.5, 0.6) is 0 Å². The maximum absolute atomic E-state index is 12.3. The Balaban J connectivity index is 2.12. The molecule has 1 saturated heterocycles. The summed E-state index contributed by atoms with van der Waals surface area (Å²) in [5, 5.41) is 0.563. The molecule has 2 rings (SSSR count). The first kappa shape index (κ1) is 13.8. The Morgan fingerprint density at radius 1 is 1.56 bits per heavy atom. The molecule has 1 atom stereocenters. The number of likely N-dealkylation sites (tertiary alicyclic amines) is 1. The molecule has 0 aromatic heterocycles. The van der Waals surface area contributed by atoms with Crippen LogP contribution in [-0.2, 0) is 0 Å². The highest BCUT2D eigenvalue weighted by Crippen LogP contribution is 2.25. The second-order valence-electron chi connectivity index (χ2n) is 4.62. The Labute approximate surface area is 120 Å². The Morgan fingerprint density at radius 2 is 2.33 bits per heavy atom. The van der Waals surface area contributed by atoms with Gasteiger partial charge in [-0.15, -0.1) is 0 Å². The lowest BCUT2D eigenvalue weighted by atomic mass is 9.97. The first-order chi connectivity index (χ1) is 8.61. The molecule has 0 bridgehead atoms. The summed E-state index contributed by atoms with van der Waals surface area (Å²) in [6, 6.07) is 5.31. The van der Waals surface area contributed by atoms with E-state index in [9.17, 15) is 4.79 Å². The fourth-order valence-corrected chi connectivity index (χ4v) is 2.68. The van der Waals surface area contributed by atoms with Crippen LogP contribution in [0, 0.1) is 5.92 Å². The highest BCUT2D eigenvalue weighted by Gasteiger charge is 2.23. The van der Waals surface area contributed by atoms with Gasteiger partial charge in [0.2, 0.25) is 0 Å². The molecule has 1 unspecified atom stereocenters. The maximum atomic E-state index is 12.3. The number of rotatable bonds is 2. The molecule has 1 aliphatic heterocycles. The van der Waals surface area contributed by atoms with Crippen molar-refractivity contribution in [3.8, 4) is 0 Å². The van der Waals surface area contributed by atoms with Gasteiger partial charge in [0.25, 0.3) is 5.91 Å². The monoisotopic (exact) mass is 330 g/mol. The van der Waals surface area contributed by atoms with Crippen molar-refractivity contribution in [2.75, 3.05) is 19.6 Å². The topological polar surface area (TPSA) is 46.3 Å². The van der Waals surface area contributed by atoms with E-state index in [4.69, 9.17) is 17.3 Å². The van der Waals surface area contributed by atoms with Crippen molar-refractivity contribution in [3.05, 3.63) is 33.3 Å². The molecule has 2 N–H and O–H groups in total. The molecule has 0 aliphatic carbocycles. The van der Waals surface area contributed by atoms with Gasteiger partial charge in [-0.3, -0.25) is 4.79 Å². The molecule has 18 heavy (non-hydrogen) atoms. The highest BCUT2D eigenvalue weighted by molar-refractivity contribution is 9.10. The molecule has 3 nitrogen and oxygen atoms in total. The number of halogens is 2. The van der Waals surface area contributed by atoms with Crippen molar-refractivity contribution in [2.24, 2.45) is 11.7 Å². The van der Waals surface area contributed by atoms with Crippen LogP contribution < -0.4 is 5.73 Å². The molecule has 1 aliphatic rings. The summed E-state index contributed by atoms with van der Waals surface area (Å²) in [7, 11) is 0. The second kappa shape index (κ2) is 6.04. The van der Waals surface area contributed by atoms with Gasteiger partial charge in [-0.2, -0.15) is 0 Å². The number of amides is 1. The van der Waals surface area contributed by atoms with Crippen LogP contribution in [0.4, 0.5) is 0 Å². The molecule has 0 radical (unpaired) electrons. The van der Waals surface area contributed by atoms with E-state index >= 15 is 0 Å². The molecule has 5 heteroatoms. The van der Waals surface area contributed by atoms with Crippen molar-refractivity contribution in [2.45, 2.75) is 12.8 Å². The van der Waals surface area contributed by atoms with Crippen molar-refractivity contribution >= 4 is 33.4 Å². The van der Waals surface area contributed by atoms with Crippen LogP contribution in [0.1, 0.15) is 23.2 Å². The van der Waals surface area contributed by atoms with Crippen molar-refractivity contribution in [3.63, 3.8) is 0 Å². The van der Waals surface area contributed by atoms with Crippen LogP contribution in [0.25, 0.3) is 0 Å². The molecule has 0 spiro atoms. The summed E-state index contributed by atoms with van der Waals surface area (Å²) in [4.78, 5) is 14.2. The molecular weight excluding hydrogens is 316 g/mol. The Hall–Kier alpha value is -0.580. The van der Waals surface area contributed by atoms with E-state index in [1.165, 1.54) is 0 Å². The molecule has 0 saturated carbocycles. The first-order valence-electron chi connectivity index (χ1n) is 6.06. The standard InChI is InChI=1S/C13H16BrClN2O/c14-11-4-3-10(6-12(11)15)13(18)17-5-1-2-9(7-16)8-17/h3-4,6,9H,1-2,5,7-8,16H2. The summed E-state index contributed by atoms with van der Waals surface area (Å²) < 4.78 is 0.805. The minimum atomic E-state index is 0.0440. The zero-order valence-corrected chi connectivity index (χ0v) is 12.4. The lowest BCUT2D eigenvalue weighted by Gasteiger charge is -2.32. The van der Waals surface area contributed by atoms with Crippen LogP contribution in [-0.4, -0.2) is 30.4 Å². The number of piperidine rings is 1. The van der Waals surface area contributed by atoms with E-state index in [-0.39, 0.29) is 5.91 Å². The Bertz CT molecular complexity index is 453. The fraction of sp³-hybridized carbons (Fsp3) is 0.462. The van der Waals surface area contributed by atoms with Gasteiger partial charge < -0.3 is 10.6 Å². The number of carbonyl (C=O) groups is 1. The lowest BCUT2D eigenvalue weighted by molar-refractivity contribution is 0.0678. The molecular formula is C13H16BrClN2O. The van der Waals surface area contributed by atoms with Gasteiger partial charge in [0, 0.05) is 23.1 Å². The highest BCUT2D eigenvalue weighted by atomic mass is 79.9. The predicted octanol–water partition coefficient (Wildman–Crippen LogP) is 2.91. The third-order valence-corrected chi connectivity index (χ3v) is 4.54. The van der Waals surface area contributed by atoms with Crippen molar-refractivity contribution in [1.82, 2.24) is 4.90 Å². The summed E-state index contributed by atoms with van der Waals surface area (Å²) in [6.45, 7) is 2.21. The van der Waals surface area contributed by atoms with E-state index in [1.54, 1.807) is 18.2 Å². The van der Waals surface area contributed by atoms with Gasteiger partial charge >= 0.3 is 0 Å². The quantitative estimate of drug-likeness (QED) is 0.905. The summed E-state index contributed by atoms with van der Waals surface area (Å²) in [6.07, 6.45) is 2.14. The van der Waals surface area contributed by atoms with Crippen LogP contribution in [0.15, 0.2) is 22.7 Å². The number of nitrogens with zero attached hydrogens (tertiary/aromatic N) is 1. The predicted molar refractivity (Wildman–Crippen MR) is 76.8 cm³/mol. The minimum absolute atomic E-state index is 0.0440. The molecule has 1 amide bonds. The average Bonchev–Trinajstić information content (AvgIpc) is 2.41. The van der Waals surface area contributed by atoms with Crippen LogP contribution in [0.3, 0.4) is 0 Å². The van der Waals surface area contributed by atoms with E-state index in [0.717, 1.165) is 30.4 Å². The summed E-state index contributed by atoms with van der Waals surface area (Å²) in [5.74, 6) is 0.469. The Kier molecular flexibility index (Phi) is 4.65. The third kappa shape index (κ3) is 3.05. The van der Waals surface area contributed by atoms with Crippen LogP contribution in [0.2, 0.25) is 5.02 Å². The number of hydrogen-bond donors (Lipinski definition) is 1. The molecule has 98 valence electrons. The number of carbonyl (C=O) groups excluding carboxylic acids is 1. The van der Waals surface area contributed by atoms with Gasteiger partial charge in [0.05, 0.1) is 5.02 Å². The lowest BCUT2D eigenvalue weighted by Crippen LogP contribution is -2.42. The van der Waals surface area contributed by atoms with Gasteiger partial charge in [-0.05, 0) is 59.4 Å². The summed E-state index contributed by atoms with van der Waals surface area (Å²) in [5.41, 5.74) is 6.32. The molecule has 1 heterocycles. The molecule has 1 aromatic carbocycles. The molecule has 1 aromatic rings. The number of hydrogen-bond acceptors (Lipinski definition) is 2. The van der Waals surface area contributed by atoms with Gasteiger partial charge in [-0.25, -0.2) is 0 Å². The SMILES string of the molecule is NCC1CCCN(C(=O)c2ccc(Br)c(Cl)c2)C1. The minimum Gasteiger partial charge on any atom is -0.338 e. The number of benzene rings is 1. The van der Waals surface area contributed by atoms with Gasteiger partial charge in [0.1, 0.15) is 0 Å². The second-order valence-corrected chi connectivity index (χ2v) is 5.89.